The van der Waals surface area contributed by atoms with E-state index in [1.165, 1.54) is 63.0 Å². The summed E-state index contributed by atoms with van der Waals surface area (Å²) in [5.74, 6) is -0.510. The van der Waals surface area contributed by atoms with Crippen molar-refractivity contribution >= 4 is 25.8 Å². The van der Waals surface area contributed by atoms with Gasteiger partial charge in [-0.3, -0.25) is 20.5 Å². The van der Waals surface area contributed by atoms with Crippen LogP contribution in [0.15, 0.2) is 17.3 Å². The van der Waals surface area contributed by atoms with Crippen LogP contribution in [0.25, 0.3) is 0 Å². The predicted molar refractivity (Wildman–Crippen MR) is 172 cm³/mol. The van der Waals surface area contributed by atoms with E-state index >= 15 is 0 Å². The first-order valence-electron chi connectivity index (χ1n) is 15.5. The fourth-order valence-electron chi connectivity index (χ4n) is 3.63. The summed E-state index contributed by atoms with van der Waals surface area (Å²) in [6, 6.07) is 0. The first-order valence-corrected chi connectivity index (χ1v) is 19.0. The summed E-state index contributed by atoms with van der Waals surface area (Å²) in [4.78, 5) is 30.8. The van der Waals surface area contributed by atoms with Gasteiger partial charge in [-0.25, -0.2) is 11.3 Å². The molecule has 235 valence electrons. The third-order valence-electron chi connectivity index (χ3n) is 6.08. The van der Waals surface area contributed by atoms with Crippen LogP contribution in [0.3, 0.4) is 0 Å². The van der Waals surface area contributed by atoms with E-state index in [-0.39, 0.29) is 36.3 Å². The molecule has 0 fully saturated rings. The van der Waals surface area contributed by atoms with Gasteiger partial charge in [0, 0.05) is 45.9 Å². The number of hydrogen-bond donors (Lipinski definition) is 3. The van der Waals surface area contributed by atoms with Crippen LogP contribution in [0.5, 0.6) is 0 Å². The molecule has 0 bridgehead atoms. The first kappa shape index (κ1) is 45.7. The molecule has 0 aromatic heterocycles. The van der Waals surface area contributed by atoms with Crippen molar-refractivity contribution in [3.05, 3.63) is 23.4 Å². The van der Waals surface area contributed by atoms with Gasteiger partial charge in [-0.1, -0.05) is 117 Å². The number of carbonyl (C=O) groups is 3. The van der Waals surface area contributed by atoms with Gasteiger partial charge < -0.3 is 17.2 Å². The molecule has 0 heterocycles. The zero-order valence-corrected chi connectivity index (χ0v) is 29.4. The molecule has 0 aromatic rings. The van der Waals surface area contributed by atoms with Crippen molar-refractivity contribution in [1.29, 1.82) is 0 Å². The number of hydrogen-bond acceptors (Lipinski definition) is 3. The van der Waals surface area contributed by atoms with Crippen LogP contribution >= 0.6 is 0 Å². The third-order valence-corrected chi connectivity index (χ3v) is 8.04. The van der Waals surface area contributed by atoms with Gasteiger partial charge in [0.25, 0.3) is 0 Å². The molecule has 1 aliphatic carbocycles. The van der Waals surface area contributed by atoms with Gasteiger partial charge in [-0.2, -0.15) is 6.08 Å². The molecule has 0 spiro atoms. The summed E-state index contributed by atoms with van der Waals surface area (Å²) in [5.41, 5.74) is 14.9. The van der Waals surface area contributed by atoms with Crippen LogP contribution in [0.1, 0.15) is 143 Å². The minimum Gasteiger partial charge on any atom is -0.370 e. The average molecular weight is 618 g/mol. The second-order valence-electron chi connectivity index (χ2n) is 11.3. The van der Waals surface area contributed by atoms with E-state index in [2.05, 4.69) is 58.6 Å². The van der Waals surface area contributed by atoms with E-state index in [1.54, 1.807) is 0 Å². The van der Waals surface area contributed by atoms with E-state index in [4.69, 9.17) is 17.2 Å². The average Bonchev–Trinajstić information content (AvgIpc) is 3.40. The second kappa shape index (κ2) is 33.9. The number of primary amides is 3. The topological polar surface area (TPSA) is 129 Å². The van der Waals surface area contributed by atoms with Gasteiger partial charge in [0.2, 0.25) is 17.7 Å². The molecule has 6 nitrogen and oxygen atoms in total. The molecule has 0 saturated carbocycles. The van der Waals surface area contributed by atoms with E-state index in [1.807, 2.05) is 0 Å². The number of carbonyl (C=O) groups excluding carboxylic acids is 3. The zero-order valence-electron chi connectivity index (χ0n) is 27.0. The molecule has 8 heteroatoms. The maximum Gasteiger partial charge on any atom is 0.217 e. The Morgan fingerprint density at radius 2 is 0.925 bits per heavy atom. The Balaban J connectivity index is -0.000000214. The molecule has 1 rings (SSSR count). The Morgan fingerprint density at radius 3 is 1.10 bits per heavy atom. The van der Waals surface area contributed by atoms with Crippen molar-refractivity contribution < 1.29 is 32.9 Å². The molecule has 0 saturated heterocycles. The second-order valence-corrected chi connectivity index (χ2v) is 16.4. The van der Waals surface area contributed by atoms with E-state index < -0.39 is 8.07 Å². The molecular weight excluding hydrogens is 553 g/mol. The van der Waals surface area contributed by atoms with Gasteiger partial charge in [-0.15, -0.1) is 6.42 Å². The maximum atomic E-state index is 10.3. The molecule has 0 atom stereocenters. The molecule has 1 aliphatic rings. The summed E-state index contributed by atoms with van der Waals surface area (Å²) >= 11 is 0. The fourth-order valence-corrected chi connectivity index (χ4v) is 4.88. The molecular formula is C32H64N3O3SiV-. The smallest absolute Gasteiger partial charge is 0.217 e. The van der Waals surface area contributed by atoms with Crippen LogP contribution in [0.2, 0.25) is 19.6 Å². The van der Waals surface area contributed by atoms with E-state index in [9.17, 15) is 14.4 Å². The van der Waals surface area contributed by atoms with Crippen molar-refractivity contribution in [3.63, 3.8) is 0 Å². The summed E-state index contributed by atoms with van der Waals surface area (Å²) in [7, 11) is -1.01. The third kappa shape index (κ3) is 43.7. The van der Waals surface area contributed by atoms with Gasteiger partial charge in [-0.05, 0) is 19.3 Å². The summed E-state index contributed by atoms with van der Waals surface area (Å²) in [5, 5.41) is 1.49. The van der Waals surface area contributed by atoms with Crippen LogP contribution in [0, 0.1) is 6.08 Å². The summed E-state index contributed by atoms with van der Waals surface area (Å²) in [6.45, 7) is 13.6. The molecule has 3 amide bonds. The number of nitrogens with two attached hydrogens (primary N) is 3. The number of allylic oxidation sites excluding steroid dienone is 4. The number of unbranched alkanes of at least 4 members (excludes halogenated alkanes) is 12. The van der Waals surface area contributed by atoms with Crippen molar-refractivity contribution in [2.24, 2.45) is 17.2 Å². The van der Waals surface area contributed by atoms with Crippen molar-refractivity contribution in [1.82, 2.24) is 0 Å². The van der Waals surface area contributed by atoms with E-state index in [0.29, 0.717) is 19.3 Å². The van der Waals surface area contributed by atoms with E-state index in [0.717, 1.165) is 44.9 Å². The molecule has 0 aromatic carbocycles. The standard InChI is InChI=1S/3C8H17NO.C8H13Si.V/c3*1-2-3-4-5-6-7-8(9)10;1-9(2,3)8-6-4-5-7-8;/h3*2-7H2,1H3,(H2,9,10);4,6H,5H2,1-3H3;/q;;;-1;. The molecule has 1 radical (unpaired) electrons. The minimum atomic E-state index is -1.01. The minimum absolute atomic E-state index is 0. The van der Waals surface area contributed by atoms with Crippen molar-refractivity contribution in [2.75, 3.05) is 0 Å². The van der Waals surface area contributed by atoms with Crippen LogP contribution in [0.4, 0.5) is 0 Å². The zero-order chi connectivity index (χ0) is 30.4. The predicted octanol–water partition coefficient (Wildman–Crippen LogP) is 8.05. The Morgan fingerprint density at radius 1 is 0.625 bits per heavy atom. The maximum absolute atomic E-state index is 10.3. The molecule has 0 unspecified atom stereocenters. The van der Waals surface area contributed by atoms with Crippen LogP contribution in [-0.4, -0.2) is 25.8 Å². The molecule has 40 heavy (non-hydrogen) atoms. The normalized spacial score (nSPS) is 11.4. The monoisotopic (exact) mass is 617 g/mol. The van der Waals surface area contributed by atoms with Crippen LogP contribution in [-0.2, 0) is 32.9 Å². The Labute approximate surface area is 261 Å². The van der Waals surface area contributed by atoms with Gasteiger partial charge in [0.15, 0.2) is 0 Å². The number of amides is 3. The summed E-state index contributed by atoms with van der Waals surface area (Å²) in [6.07, 6.45) is 28.1. The van der Waals surface area contributed by atoms with Gasteiger partial charge >= 0.3 is 0 Å². The summed E-state index contributed by atoms with van der Waals surface area (Å²) < 4.78 is 0. The largest absolute Gasteiger partial charge is 0.370 e. The van der Waals surface area contributed by atoms with Crippen molar-refractivity contribution in [3.8, 4) is 0 Å². The molecule has 0 aliphatic heterocycles. The first-order chi connectivity index (χ1) is 18.4. The quantitative estimate of drug-likeness (QED) is 0.0770. The van der Waals surface area contributed by atoms with Crippen molar-refractivity contribution in [2.45, 2.75) is 162 Å². The molecule has 6 N–H and O–H groups in total. The van der Waals surface area contributed by atoms with Gasteiger partial charge in [0.1, 0.15) is 0 Å². The van der Waals surface area contributed by atoms with Crippen LogP contribution < -0.4 is 17.2 Å². The number of rotatable bonds is 19. The SMILES string of the molecule is CCCCCCCC(N)=O.CCCCCCCC(N)=O.CCCCCCCC(N)=O.C[Si](C)(C)C1=[C-]CC=C1.[V]. The Bertz CT molecular complexity index is 605. The fraction of sp³-hybridized carbons (Fsp3) is 0.781. The Hall–Kier alpha value is -1.31. The Kier molecular flexibility index (Phi) is 38.7. The van der Waals surface area contributed by atoms with Gasteiger partial charge in [0.05, 0.1) is 0 Å².